The average Bonchev–Trinajstić information content (AvgIpc) is 1.27. The number of aliphatic carboxylic acids is 1. The molecule has 0 atom stereocenters. The van der Waals surface area contributed by atoms with Crippen molar-refractivity contribution in [1.29, 1.82) is 0 Å². The zero-order chi connectivity index (χ0) is 5.86. The van der Waals surface area contributed by atoms with Crippen LogP contribution in [0, 0.1) is 0 Å². The monoisotopic (exact) mass is 102 g/mol. The van der Waals surface area contributed by atoms with Crippen molar-refractivity contribution in [3.8, 4) is 0 Å². The van der Waals surface area contributed by atoms with Crippen LogP contribution in [0.3, 0.4) is 0 Å². The van der Waals surface area contributed by atoms with Crippen LogP contribution in [0.1, 0.15) is 0 Å². The number of hydrogen-bond acceptors (Lipinski definition) is 3. The van der Waals surface area contributed by atoms with E-state index in [0.29, 0.717) is 0 Å². The van der Waals surface area contributed by atoms with Crippen molar-refractivity contribution in [3.05, 3.63) is 11.9 Å². The molecular weight excluding hydrogens is 96.0 g/mol. The van der Waals surface area contributed by atoms with E-state index in [-0.39, 0.29) is 5.82 Å². The minimum Gasteiger partial charge on any atom is -0.478 e. The lowest BCUT2D eigenvalue weighted by Crippen LogP contribution is -2.10. The van der Waals surface area contributed by atoms with Gasteiger partial charge in [0.1, 0.15) is 5.82 Å². The van der Waals surface area contributed by atoms with Gasteiger partial charge in [0.25, 0.3) is 0 Å². The average molecular weight is 102 g/mol. The highest BCUT2D eigenvalue weighted by atomic mass is 16.4. The molecule has 0 aromatic carbocycles. The molecule has 0 rings (SSSR count). The van der Waals surface area contributed by atoms with E-state index >= 15 is 0 Å². The van der Waals surface area contributed by atoms with Gasteiger partial charge in [0.2, 0.25) is 0 Å². The predicted octanol–water partition coefficient (Wildman–Crippen LogP) is -1.17. The molecule has 0 amide bonds. The van der Waals surface area contributed by atoms with Crippen molar-refractivity contribution in [3.63, 3.8) is 0 Å². The maximum atomic E-state index is 9.57. The van der Waals surface area contributed by atoms with Gasteiger partial charge in [-0.25, -0.2) is 4.79 Å². The van der Waals surface area contributed by atoms with Gasteiger partial charge in [0, 0.05) is 0 Å². The number of carboxylic acids is 1. The second-order valence-electron chi connectivity index (χ2n) is 0.983. The largest absolute Gasteiger partial charge is 0.478 e. The molecule has 40 valence electrons. The van der Waals surface area contributed by atoms with Crippen molar-refractivity contribution in [2.75, 3.05) is 0 Å². The third-order valence-electron chi connectivity index (χ3n) is 0.290. The van der Waals surface area contributed by atoms with Crippen molar-refractivity contribution >= 4 is 5.97 Å². The molecule has 0 saturated carbocycles. The van der Waals surface area contributed by atoms with Gasteiger partial charge in [-0.2, -0.15) is 0 Å². The second kappa shape index (κ2) is 2.07. The molecule has 0 aliphatic carbocycles. The van der Waals surface area contributed by atoms with Crippen LogP contribution in [0.15, 0.2) is 11.9 Å². The van der Waals surface area contributed by atoms with Gasteiger partial charge >= 0.3 is 5.97 Å². The molecule has 0 heterocycles. The first kappa shape index (κ1) is 5.81. The summed E-state index contributed by atoms with van der Waals surface area (Å²) in [5.74, 6) is -1.31. The lowest BCUT2D eigenvalue weighted by Gasteiger charge is -1.82. The number of hydrogen-bond donors (Lipinski definition) is 3. The van der Waals surface area contributed by atoms with E-state index in [1.54, 1.807) is 0 Å². The Morgan fingerprint density at radius 1 is 1.57 bits per heavy atom. The SMILES string of the molecule is NC(N)=CC(=O)O. The first-order valence-corrected chi connectivity index (χ1v) is 1.58. The van der Waals surface area contributed by atoms with Crippen LogP contribution < -0.4 is 11.5 Å². The van der Waals surface area contributed by atoms with E-state index in [1.165, 1.54) is 0 Å². The zero-order valence-electron chi connectivity index (χ0n) is 3.59. The molecule has 0 spiro atoms. The highest BCUT2D eigenvalue weighted by Gasteiger charge is 1.85. The quantitative estimate of drug-likeness (QED) is 0.364. The minimum atomic E-state index is -1.12. The zero-order valence-corrected chi connectivity index (χ0v) is 3.59. The molecule has 0 aliphatic rings. The van der Waals surface area contributed by atoms with E-state index in [2.05, 4.69) is 0 Å². The van der Waals surface area contributed by atoms with Gasteiger partial charge in [0.05, 0.1) is 6.08 Å². The van der Waals surface area contributed by atoms with Crippen LogP contribution in [0.2, 0.25) is 0 Å². The van der Waals surface area contributed by atoms with Gasteiger partial charge in [-0.05, 0) is 0 Å². The normalized spacial score (nSPS) is 7.43. The number of nitrogens with two attached hydrogens (primary N) is 2. The summed E-state index contributed by atoms with van der Waals surface area (Å²) >= 11 is 0. The maximum Gasteiger partial charge on any atom is 0.331 e. The highest BCUT2D eigenvalue weighted by molar-refractivity contribution is 5.80. The standard InChI is InChI=1S/C3H6N2O2/c4-2(5)1-3(6)7/h1H,4-5H2,(H,6,7). The van der Waals surface area contributed by atoms with E-state index in [9.17, 15) is 4.79 Å². The third-order valence-corrected chi connectivity index (χ3v) is 0.290. The fraction of sp³-hybridized carbons (Fsp3) is 0. The van der Waals surface area contributed by atoms with Crippen LogP contribution in [0.25, 0.3) is 0 Å². The third kappa shape index (κ3) is 4.81. The Kier molecular flexibility index (Phi) is 1.72. The summed E-state index contributed by atoms with van der Waals surface area (Å²) in [6, 6.07) is 0. The number of carbonyl (C=O) groups is 1. The van der Waals surface area contributed by atoms with Gasteiger partial charge < -0.3 is 16.6 Å². The van der Waals surface area contributed by atoms with Crippen LogP contribution >= 0.6 is 0 Å². The molecule has 5 N–H and O–H groups in total. The Hall–Kier alpha value is -1.19. The van der Waals surface area contributed by atoms with Crippen LogP contribution in [0.5, 0.6) is 0 Å². The maximum absolute atomic E-state index is 9.57. The van der Waals surface area contributed by atoms with Crippen LogP contribution in [-0.4, -0.2) is 11.1 Å². The molecule has 7 heavy (non-hydrogen) atoms. The molecule has 0 aliphatic heterocycles. The predicted molar refractivity (Wildman–Crippen MR) is 24.1 cm³/mol. The van der Waals surface area contributed by atoms with Crippen molar-refractivity contribution < 1.29 is 9.90 Å². The van der Waals surface area contributed by atoms with E-state index in [1.807, 2.05) is 0 Å². The summed E-state index contributed by atoms with van der Waals surface area (Å²) in [7, 11) is 0. The Bertz CT molecular complexity index is 104. The number of carboxylic acid groups (broad SMARTS) is 1. The fourth-order valence-corrected chi connectivity index (χ4v) is 0.143. The lowest BCUT2D eigenvalue weighted by atomic mass is 10.6. The van der Waals surface area contributed by atoms with Crippen LogP contribution in [-0.2, 0) is 4.79 Å². The van der Waals surface area contributed by atoms with Gasteiger partial charge in [0.15, 0.2) is 0 Å². The Morgan fingerprint density at radius 2 is 2.00 bits per heavy atom. The summed E-state index contributed by atoms with van der Waals surface area (Å²) in [6.45, 7) is 0. The molecule has 0 aromatic heterocycles. The van der Waals surface area contributed by atoms with E-state index < -0.39 is 5.97 Å². The molecule has 0 fully saturated rings. The topological polar surface area (TPSA) is 89.3 Å². The summed E-state index contributed by atoms with van der Waals surface area (Å²) in [4.78, 5) is 9.57. The molecule has 0 radical (unpaired) electrons. The van der Waals surface area contributed by atoms with Crippen LogP contribution in [0.4, 0.5) is 0 Å². The van der Waals surface area contributed by atoms with Crippen molar-refractivity contribution in [2.24, 2.45) is 11.5 Å². The molecular formula is C3H6N2O2. The number of rotatable bonds is 1. The minimum absolute atomic E-state index is 0.187. The molecule has 0 saturated heterocycles. The molecule has 0 aromatic rings. The summed E-state index contributed by atoms with van der Waals surface area (Å²) in [6.07, 6.45) is 0.722. The van der Waals surface area contributed by atoms with Gasteiger partial charge in [-0.15, -0.1) is 0 Å². The fourth-order valence-electron chi connectivity index (χ4n) is 0.143. The second-order valence-corrected chi connectivity index (χ2v) is 0.983. The van der Waals surface area contributed by atoms with E-state index in [0.717, 1.165) is 6.08 Å². The smallest absolute Gasteiger partial charge is 0.331 e. The molecule has 4 nitrogen and oxygen atoms in total. The van der Waals surface area contributed by atoms with Gasteiger partial charge in [-0.3, -0.25) is 0 Å². The Morgan fingerprint density at radius 3 is 2.00 bits per heavy atom. The lowest BCUT2D eigenvalue weighted by molar-refractivity contribution is -0.131. The molecule has 0 unspecified atom stereocenters. The summed E-state index contributed by atoms with van der Waals surface area (Å²) < 4.78 is 0. The Labute approximate surface area is 40.4 Å². The van der Waals surface area contributed by atoms with Crippen molar-refractivity contribution in [2.45, 2.75) is 0 Å². The van der Waals surface area contributed by atoms with Crippen molar-refractivity contribution in [1.82, 2.24) is 0 Å². The molecule has 0 bridgehead atoms. The first-order chi connectivity index (χ1) is 3.13. The summed E-state index contributed by atoms with van der Waals surface area (Å²) in [5.41, 5.74) is 9.50. The summed E-state index contributed by atoms with van der Waals surface area (Å²) in [5, 5.41) is 7.85. The Balaban J connectivity index is 3.68. The van der Waals surface area contributed by atoms with Gasteiger partial charge in [-0.1, -0.05) is 0 Å². The van der Waals surface area contributed by atoms with E-state index in [4.69, 9.17) is 16.6 Å². The highest BCUT2D eigenvalue weighted by Crippen LogP contribution is 1.67. The first-order valence-electron chi connectivity index (χ1n) is 1.58. The molecule has 4 heteroatoms.